The molecule has 1 fully saturated rings. The molecule has 1 heterocycles. The molecule has 5 nitrogen and oxygen atoms in total. The fraction of sp³-hybridized carbons (Fsp3) is 0.222. The highest BCUT2D eigenvalue weighted by Crippen LogP contribution is 2.32. The van der Waals surface area contributed by atoms with Crippen molar-refractivity contribution in [3.8, 4) is 11.5 Å². The van der Waals surface area contributed by atoms with Crippen molar-refractivity contribution in [1.29, 1.82) is 0 Å². The van der Waals surface area contributed by atoms with Gasteiger partial charge in [0, 0.05) is 17.3 Å². The summed E-state index contributed by atoms with van der Waals surface area (Å²) in [5.74, 6) is 1.58. The first-order valence-electron chi connectivity index (χ1n) is 7.77. The van der Waals surface area contributed by atoms with Gasteiger partial charge in [-0.1, -0.05) is 41.1 Å². The van der Waals surface area contributed by atoms with Crippen LogP contribution in [-0.2, 0) is 4.79 Å². The van der Waals surface area contributed by atoms with E-state index in [0.29, 0.717) is 34.5 Å². The van der Waals surface area contributed by atoms with Crippen LogP contribution in [0.25, 0.3) is 0 Å². The molecule has 25 heavy (non-hydrogen) atoms. The van der Waals surface area contributed by atoms with Gasteiger partial charge in [-0.05, 0) is 37.3 Å². The smallest absolute Gasteiger partial charge is 0.282 e. The highest BCUT2D eigenvalue weighted by Gasteiger charge is 2.23. The summed E-state index contributed by atoms with van der Waals surface area (Å²) in [4.78, 5) is 25.4. The largest absolute Gasteiger partial charge is 0.455 e. The Hall–Kier alpha value is -2.18. The van der Waals surface area contributed by atoms with Crippen molar-refractivity contribution in [2.24, 2.45) is 0 Å². The van der Waals surface area contributed by atoms with Crippen molar-refractivity contribution < 1.29 is 14.3 Å². The second-order valence-electron chi connectivity index (χ2n) is 5.64. The SMILES string of the molecule is Cc1ccc(Oc2ccc(Cl)cc2NC(=O)CN2CCSC2=O)cc1. The summed E-state index contributed by atoms with van der Waals surface area (Å²) in [5, 5.41) is 3.19. The van der Waals surface area contributed by atoms with Crippen LogP contribution in [0.5, 0.6) is 11.5 Å². The van der Waals surface area contributed by atoms with E-state index in [1.807, 2.05) is 31.2 Å². The average Bonchev–Trinajstić information content (AvgIpc) is 2.97. The predicted molar refractivity (Wildman–Crippen MR) is 101 cm³/mol. The van der Waals surface area contributed by atoms with Gasteiger partial charge in [-0.3, -0.25) is 9.59 Å². The van der Waals surface area contributed by atoms with E-state index in [0.717, 1.165) is 5.56 Å². The number of nitrogens with zero attached hydrogens (tertiary/aromatic N) is 1. The Labute approximate surface area is 155 Å². The molecule has 0 aromatic heterocycles. The van der Waals surface area contributed by atoms with Crippen molar-refractivity contribution in [2.45, 2.75) is 6.92 Å². The molecule has 0 saturated carbocycles. The molecule has 130 valence electrons. The monoisotopic (exact) mass is 376 g/mol. The van der Waals surface area contributed by atoms with Crippen LogP contribution in [0.4, 0.5) is 10.5 Å². The van der Waals surface area contributed by atoms with E-state index in [4.69, 9.17) is 16.3 Å². The van der Waals surface area contributed by atoms with E-state index in [1.54, 1.807) is 18.2 Å². The molecule has 1 saturated heterocycles. The molecule has 0 bridgehead atoms. The number of aryl methyl sites for hydroxylation is 1. The molecule has 2 aromatic carbocycles. The van der Waals surface area contributed by atoms with Gasteiger partial charge >= 0.3 is 0 Å². The summed E-state index contributed by atoms with van der Waals surface area (Å²) < 4.78 is 5.85. The Morgan fingerprint density at radius 3 is 2.72 bits per heavy atom. The van der Waals surface area contributed by atoms with Crippen LogP contribution in [0.2, 0.25) is 5.02 Å². The van der Waals surface area contributed by atoms with E-state index in [2.05, 4.69) is 5.32 Å². The van der Waals surface area contributed by atoms with Gasteiger partial charge < -0.3 is 15.0 Å². The van der Waals surface area contributed by atoms with Crippen molar-refractivity contribution in [2.75, 3.05) is 24.2 Å². The number of thioether (sulfide) groups is 1. The summed E-state index contributed by atoms with van der Waals surface area (Å²) in [6, 6.07) is 12.6. The summed E-state index contributed by atoms with van der Waals surface area (Å²) in [7, 11) is 0. The standard InChI is InChI=1S/C18H17ClN2O3S/c1-12-2-5-14(6-3-12)24-16-7-4-13(19)10-15(16)20-17(22)11-21-8-9-25-18(21)23/h2-7,10H,8-9,11H2,1H3,(H,20,22). The number of carbonyl (C=O) groups is 2. The zero-order valence-corrected chi connectivity index (χ0v) is 15.2. The van der Waals surface area contributed by atoms with Crippen LogP contribution < -0.4 is 10.1 Å². The lowest BCUT2D eigenvalue weighted by atomic mass is 10.2. The third-order valence-electron chi connectivity index (χ3n) is 3.64. The maximum atomic E-state index is 12.3. The van der Waals surface area contributed by atoms with Gasteiger partial charge in [0.25, 0.3) is 5.24 Å². The van der Waals surface area contributed by atoms with Crippen LogP contribution in [0.15, 0.2) is 42.5 Å². The van der Waals surface area contributed by atoms with E-state index in [-0.39, 0.29) is 17.7 Å². The maximum Gasteiger partial charge on any atom is 0.282 e. The number of hydrogen-bond acceptors (Lipinski definition) is 4. The molecule has 0 radical (unpaired) electrons. The van der Waals surface area contributed by atoms with Gasteiger partial charge in [0.15, 0.2) is 5.75 Å². The van der Waals surface area contributed by atoms with E-state index in [1.165, 1.54) is 16.7 Å². The Bertz CT molecular complexity index is 795. The summed E-state index contributed by atoms with van der Waals surface area (Å²) in [6.07, 6.45) is 0. The lowest BCUT2D eigenvalue weighted by Gasteiger charge is -2.16. The van der Waals surface area contributed by atoms with Crippen LogP contribution >= 0.6 is 23.4 Å². The number of amides is 2. The summed E-state index contributed by atoms with van der Waals surface area (Å²) in [5.41, 5.74) is 1.60. The van der Waals surface area contributed by atoms with Gasteiger partial charge in [0.1, 0.15) is 12.3 Å². The van der Waals surface area contributed by atoms with Gasteiger partial charge in [0.2, 0.25) is 5.91 Å². The quantitative estimate of drug-likeness (QED) is 0.831. The van der Waals surface area contributed by atoms with E-state index < -0.39 is 0 Å². The number of ether oxygens (including phenoxy) is 1. The predicted octanol–water partition coefficient (Wildman–Crippen LogP) is 4.55. The number of anilines is 1. The lowest BCUT2D eigenvalue weighted by molar-refractivity contribution is -0.116. The number of hydrogen-bond donors (Lipinski definition) is 1. The van der Waals surface area contributed by atoms with Crippen LogP contribution in [0.3, 0.4) is 0 Å². The molecule has 2 amide bonds. The molecule has 1 aliphatic heterocycles. The number of rotatable bonds is 5. The van der Waals surface area contributed by atoms with Crippen molar-refractivity contribution in [3.05, 3.63) is 53.1 Å². The molecule has 0 atom stereocenters. The third kappa shape index (κ3) is 4.67. The summed E-state index contributed by atoms with van der Waals surface area (Å²) in [6.45, 7) is 2.59. The minimum absolute atomic E-state index is 0.0162. The average molecular weight is 377 g/mol. The normalized spacial score (nSPS) is 13.8. The second-order valence-corrected chi connectivity index (χ2v) is 7.12. The fourth-order valence-electron chi connectivity index (χ4n) is 2.35. The number of carbonyl (C=O) groups excluding carboxylic acids is 2. The first kappa shape index (κ1) is 17.6. The molecule has 3 rings (SSSR count). The number of nitrogens with one attached hydrogen (secondary N) is 1. The second kappa shape index (κ2) is 7.80. The topological polar surface area (TPSA) is 58.6 Å². The summed E-state index contributed by atoms with van der Waals surface area (Å²) >= 11 is 7.27. The van der Waals surface area contributed by atoms with Gasteiger partial charge in [-0.15, -0.1) is 0 Å². The highest BCUT2D eigenvalue weighted by molar-refractivity contribution is 8.13. The molecule has 0 spiro atoms. The maximum absolute atomic E-state index is 12.3. The molecule has 7 heteroatoms. The van der Waals surface area contributed by atoms with Gasteiger partial charge in [0.05, 0.1) is 5.69 Å². The molecule has 0 aliphatic carbocycles. The minimum Gasteiger partial charge on any atom is -0.455 e. The molecular formula is C18H17ClN2O3S. The van der Waals surface area contributed by atoms with Gasteiger partial charge in [-0.2, -0.15) is 0 Å². The molecular weight excluding hydrogens is 360 g/mol. The van der Waals surface area contributed by atoms with Crippen molar-refractivity contribution in [3.63, 3.8) is 0 Å². The first-order valence-corrected chi connectivity index (χ1v) is 9.13. The van der Waals surface area contributed by atoms with E-state index in [9.17, 15) is 9.59 Å². The van der Waals surface area contributed by atoms with Crippen molar-refractivity contribution >= 4 is 40.2 Å². The van der Waals surface area contributed by atoms with E-state index >= 15 is 0 Å². The number of benzene rings is 2. The minimum atomic E-state index is -0.285. The van der Waals surface area contributed by atoms with Crippen LogP contribution in [-0.4, -0.2) is 34.9 Å². The molecule has 2 aromatic rings. The third-order valence-corrected chi connectivity index (χ3v) is 4.77. The van der Waals surface area contributed by atoms with Crippen LogP contribution in [0, 0.1) is 6.92 Å². The Morgan fingerprint density at radius 2 is 2.04 bits per heavy atom. The Morgan fingerprint density at radius 1 is 1.28 bits per heavy atom. The lowest BCUT2D eigenvalue weighted by Crippen LogP contribution is -2.33. The molecule has 1 aliphatic rings. The highest BCUT2D eigenvalue weighted by atomic mass is 35.5. The Balaban J connectivity index is 1.73. The zero-order chi connectivity index (χ0) is 17.8. The first-order chi connectivity index (χ1) is 12.0. The number of halogens is 1. The van der Waals surface area contributed by atoms with Crippen LogP contribution in [0.1, 0.15) is 5.56 Å². The molecule has 0 unspecified atom stereocenters. The van der Waals surface area contributed by atoms with Gasteiger partial charge in [-0.25, -0.2) is 0 Å². The fourth-order valence-corrected chi connectivity index (χ4v) is 3.35. The van der Waals surface area contributed by atoms with Crippen molar-refractivity contribution in [1.82, 2.24) is 4.90 Å². The molecule has 1 N–H and O–H groups in total. The Kier molecular flexibility index (Phi) is 5.50. The zero-order valence-electron chi connectivity index (χ0n) is 13.6.